The van der Waals surface area contributed by atoms with Gasteiger partial charge in [0.15, 0.2) is 0 Å². The van der Waals surface area contributed by atoms with Gasteiger partial charge in [0.1, 0.15) is 0 Å². The van der Waals surface area contributed by atoms with Crippen LogP contribution in [0.3, 0.4) is 0 Å². The maximum absolute atomic E-state index is 11.3. The highest BCUT2D eigenvalue weighted by Gasteiger charge is 2.52. The number of allylic oxidation sites excluding steroid dienone is 3. The fourth-order valence-corrected chi connectivity index (χ4v) is 2.83. The van der Waals surface area contributed by atoms with Crippen LogP contribution in [0.25, 0.3) is 0 Å². The van der Waals surface area contributed by atoms with Crippen molar-refractivity contribution in [3.05, 3.63) is 58.6 Å². The minimum Gasteiger partial charge on any atom is -0.466 e. The van der Waals surface area contributed by atoms with E-state index < -0.39 is 18.3 Å². The molecule has 154 valence electrons. The molecule has 1 heterocycles. The summed E-state index contributed by atoms with van der Waals surface area (Å²) in [7, 11) is -0.550. The van der Waals surface area contributed by atoms with Crippen LogP contribution in [0.5, 0.6) is 0 Å². The van der Waals surface area contributed by atoms with E-state index in [2.05, 4.69) is 11.8 Å². The molecule has 0 amide bonds. The molecule has 0 aliphatic carbocycles. The summed E-state index contributed by atoms with van der Waals surface area (Å²) in [4.78, 5) is 11.3. The Balaban J connectivity index is 2.50. The highest BCUT2D eigenvalue weighted by atomic mass is 16.7. The topological polar surface area (TPSA) is 44.8 Å². The van der Waals surface area contributed by atoms with Gasteiger partial charge in [0.05, 0.1) is 17.8 Å². The van der Waals surface area contributed by atoms with Crippen molar-refractivity contribution in [3.8, 4) is 11.8 Å². The minimum atomic E-state index is -0.550. The SMILES string of the molecule is CC(=O)OCC/C(B1OC(C)(C)C(C)(C)O1)=C(\C#Cc1ccccc1)C=C(C)C. The summed E-state index contributed by atoms with van der Waals surface area (Å²) in [5.74, 6) is 6.21. The molecule has 0 radical (unpaired) electrons. The lowest BCUT2D eigenvalue weighted by Crippen LogP contribution is -2.41. The zero-order valence-electron chi connectivity index (χ0n) is 18.6. The molecule has 0 saturated carbocycles. The van der Waals surface area contributed by atoms with Crippen LogP contribution in [-0.4, -0.2) is 30.9 Å². The molecule has 0 unspecified atom stereocenters. The quantitative estimate of drug-likeness (QED) is 0.309. The lowest BCUT2D eigenvalue weighted by Gasteiger charge is -2.32. The van der Waals surface area contributed by atoms with Crippen LogP contribution < -0.4 is 0 Å². The number of carbonyl (C=O) groups excluding carboxylic acids is 1. The van der Waals surface area contributed by atoms with Crippen molar-refractivity contribution < 1.29 is 18.8 Å². The monoisotopic (exact) mass is 394 g/mol. The zero-order chi connectivity index (χ0) is 21.7. The van der Waals surface area contributed by atoms with Gasteiger partial charge in [0.25, 0.3) is 0 Å². The van der Waals surface area contributed by atoms with Crippen LogP contribution in [0.4, 0.5) is 0 Å². The Kier molecular flexibility index (Phi) is 7.51. The van der Waals surface area contributed by atoms with Crippen LogP contribution in [-0.2, 0) is 18.8 Å². The summed E-state index contributed by atoms with van der Waals surface area (Å²) < 4.78 is 17.8. The van der Waals surface area contributed by atoms with E-state index in [9.17, 15) is 4.79 Å². The molecule has 0 spiro atoms. The molecule has 2 rings (SSSR count). The van der Waals surface area contributed by atoms with Crippen molar-refractivity contribution in [2.75, 3.05) is 6.61 Å². The number of rotatable bonds is 5. The third-order valence-electron chi connectivity index (χ3n) is 5.11. The van der Waals surface area contributed by atoms with Gasteiger partial charge < -0.3 is 14.0 Å². The Morgan fingerprint density at radius 1 is 1.07 bits per heavy atom. The molecule has 0 N–H and O–H groups in total. The average molecular weight is 394 g/mol. The van der Waals surface area contributed by atoms with Gasteiger partial charge in [-0.3, -0.25) is 4.79 Å². The maximum atomic E-state index is 11.3. The lowest BCUT2D eigenvalue weighted by molar-refractivity contribution is -0.140. The molecule has 1 aliphatic rings. The Morgan fingerprint density at radius 3 is 2.17 bits per heavy atom. The summed E-state index contributed by atoms with van der Waals surface area (Å²) >= 11 is 0. The normalized spacial score (nSPS) is 17.7. The summed E-state index contributed by atoms with van der Waals surface area (Å²) in [5, 5.41) is 0. The Bertz CT molecular complexity index is 834. The molecule has 5 heteroatoms. The number of esters is 1. The maximum Gasteiger partial charge on any atom is 0.491 e. The number of benzene rings is 1. The Morgan fingerprint density at radius 2 is 1.66 bits per heavy atom. The third kappa shape index (κ3) is 6.35. The number of hydrogen-bond donors (Lipinski definition) is 0. The first-order chi connectivity index (χ1) is 13.5. The third-order valence-corrected chi connectivity index (χ3v) is 5.11. The van der Waals surface area contributed by atoms with Crippen LogP contribution in [0, 0.1) is 11.8 Å². The fraction of sp³-hybridized carbons (Fsp3) is 0.458. The second kappa shape index (κ2) is 9.48. The number of carbonyl (C=O) groups is 1. The van der Waals surface area contributed by atoms with E-state index in [0.717, 1.165) is 22.2 Å². The van der Waals surface area contributed by atoms with E-state index in [0.29, 0.717) is 6.42 Å². The van der Waals surface area contributed by atoms with Gasteiger partial charge in [0.2, 0.25) is 0 Å². The molecule has 4 nitrogen and oxygen atoms in total. The van der Waals surface area contributed by atoms with Crippen molar-refractivity contribution in [2.24, 2.45) is 0 Å². The predicted octanol–water partition coefficient (Wildman–Crippen LogP) is 4.89. The molecule has 0 atom stereocenters. The first-order valence-corrected chi connectivity index (χ1v) is 9.96. The molecule has 1 aromatic rings. The predicted molar refractivity (Wildman–Crippen MR) is 117 cm³/mol. The van der Waals surface area contributed by atoms with E-state index in [4.69, 9.17) is 14.0 Å². The van der Waals surface area contributed by atoms with Crippen molar-refractivity contribution in [1.82, 2.24) is 0 Å². The van der Waals surface area contributed by atoms with Gasteiger partial charge in [-0.15, -0.1) is 0 Å². The second-order valence-corrected chi connectivity index (χ2v) is 8.45. The van der Waals surface area contributed by atoms with Crippen molar-refractivity contribution >= 4 is 13.1 Å². The van der Waals surface area contributed by atoms with E-state index in [1.807, 2.05) is 78.0 Å². The fourth-order valence-electron chi connectivity index (χ4n) is 2.83. The summed E-state index contributed by atoms with van der Waals surface area (Å²) in [6, 6.07) is 9.84. The Labute approximate surface area is 175 Å². The molecule has 1 aromatic carbocycles. The van der Waals surface area contributed by atoms with Crippen LogP contribution in [0.1, 0.15) is 60.5 Å². The van der Waals surface area contributed by atoms with Gasteiger partial charge >= 0.3 is 13.1 Å². The van der Waals surface area contributed by atoms with Gasteiger partial charge in [-0.05, 0) is 65.2 Å². The van der Waals surface area contributed by atoms with E-state index >= 15 is 0 Å². The molecule has 1 saturated heterocycles. The van der Waals surface area contributed by atoms with E-state index in [-0.39, 0.29) is 12.6 Å². The van der Waals surface area contributed by atoms with Crippen molar-refractivity contribution in [2.45, 2.75) is 66.1 Å². The summed E-state index contributed by atoms with van der Waals surface area (Å²) in [6.45, 7) is 13.8. The lowest BCUT2D eigenvalue weighted by atomic mass is 9.73. The molecule has 29 heavy (non-hydrogen) atoms. The number of hydrogen-bond acceptors (Lipinski definition) is 4. The molecule has 0 aromatic heterocycles. The first-order valence-electron chi connectivity index (χ1n) is 9.96. The summed E-state index contributed by atoms with van der Waals surface area (Å²) in [6.07, 6.45) is 2.52. The highest BCUT2D eigenvalue weighted by Crippen LogP contribution is 2.39. The highest BCUT2D eigenvalue weighted by molar-refractivity contribution is 6.55. The molecule has 0 bridgehead atoms. The van der Waals surface area contributed by atoms with E-state index in [1.165, 1.54) is 6.92 Å². The molecule has 1 aliphatic heterocycles. The van der Waals surface area contributed by atoms with Gasteiger partial charge in [0, 0.05) is 24.5 Å². The second-order valence-electron chi connectivity index (χ2n) is 8.45. The molecular formula is C24H31BO4. The smallest absolute Gasteiger partial charge is 0.466 e. The van der Waals surface area contributed by atoms with Crippen molar-refractivity contribution in [1.29, 1.82) is 0 Å². The standard InChI is InChI=1S/C24H31BO4/c1-18(2)17-21(14-13-20-11-9-8-10-12-20)22(15-16-27-19(3)26)25-28-23(4,5)24(6,7)29-25/h8-12,17H,15-16H2,1-7H3/b22-21-. The van der Waals surface area contributed by atoms with Crippen LogP contribution in [0.15, 0.2) is 53.0 Å². The average Bonchev–Trinajstić information content (AvgIpc) is 2.83. The van der Waals surface area contributed by atoms with Gasteiger partial charge in [-0.1, -0.05) is 35.6 Å². The van der Waals surface area contributed by atoms with E-state index in [1.54, 1.807) is 0 Å². The number of ether oxygens (including phenoxy) is 1. The van der Waals surface area contributed by atoms with Crippen molar-refractivity contribution in [3.63, 3.8) is 0 Å². The molecular weight excluding hydrogens is 363 g/mol. The van der Waals surface area contributed by atoms with Crippen LogP contribution in [0.2, 0.25) is 0 Å². The first kappa shape index (κ1) is 23.0. The molecule has 1 fully saturated rings. The van der Waals surface area contributed by atoms with Crippen LogP contribution >= 0.6 is 0 Å². The largest absolute Gasteiger partial charge is 0.491 e. The summed E-state index contributed by atoms with van der Waals surface area (Å²) in [5.41, 5.74) is 2.83. The Hall–Kier alpha value is -2.29. The van der Waals surface area contributed by atoms with Gasteiger partial charge in [-0.2, -0.15) is 0 Å². The minimum absolute atomic E-state index is 0.252. The van der Waals surface area contributed by atoms with Gasteiger partial charge in [-0.25, -0.2) is 0 Å². The zero-order valence-corrected chi connectivity index (χ0v) is 18.6.